The second kappa shape index (κ2) is 19.3. The van der Waals surface area contributed by atoms with Gasteiger partial charge in [-0.3, -0.25) is 4.79 Å². The van der Waals surface area contributed by atoms with E-state index in [-0.39, 0.29) is 12.3 Å². The van der Waals surface area contributed by atoms with Gasteiger partial charge in [-0.1, -0.05) is 110 Å². The molecule has 0 aromatic carbocycles. The van der Waals surface area contributed by atoms with Gasteiger partial charge in [0.2, 0.25) is 5.91 Å². The van der Waals surface area contributed by atoms with E-state index in [9.17, 15) is 30.3 Å². The van der Waals surface area contributed by atoms with Crippen molar-refractivity contribution in [3.8, 4) is 0 Å². The molecule has 1 heterocycles. The number of rotatable bonds is 21. The molecule has 1 aliphatic rings. The first kappa shape index (κ1) is 34.3. The number of amides is 1. The van der Waals surface area contributed by atoms with E-state index in [4.69, 9.17) is 4.74 Å². The monoisotopic (exact) mass is 531 g/mol. The van der Waals surface area contributed by atoms with Crippen LogP contribution in [-0.2, 0) is 9.53 Å². The maximum Gasteiger partial charge on any atom is 0.217 e. The van der Waals surface area contributed by atoms with Gasteiger partial charge < -0.3 is 35.6 Å². The summed E-state index contributed by atoms with van der Waals surface area (Å²) in [6.45, 7) is 5.01. The number of aliphatic hydroxyl groups excluding tert-OH is 4. The molecule has 0 spiro atoms. The summed E-state index contributed by atoms with van der Waals surface area (Å²) in [7, 11) is 0. The summed E-state index contributed by atoms with van der Waals surface area (Å²) >= 11 is 0. The van der Waals surface area contributed by atoms with Crippen molar-refractivity contribution in [3.05, 3.63) is 0 Å². The molecule has 0 aromatic rings. The fourth-order valence-corrected chi connectivity index (χ4v) is 5.60. The third-order valence-corrected chi connectivity index (χ3v) is 7.73. The molecule has 7 atom stereocenters. The van der Waals surface area contributed by atoms with Crippen molar-refractivity contribution in [2.75, 3.05) is 6.61 Å². The lowest BCUT2D eigenvalue weighted by Gasteiger charge is -2.47. The third-order valence-electron chi connectivity index (χ3n) is 7.73. The van der Waals surface area contributed by atoms with Gasteiger partial charge in [0.1, 0.15) is 18.3 Å². The molecule has 1 amide bonds. The van der Waals surface area contributed by atoms with Crippen LogP contribution in [0.1, 0.15) is 130 Å². The molecule has 37 heavy (non-hydrogen) atoms. The summed E-state index contributed by atoms with van der Waals surface area (Å²) in [5, 5.41) is 54.9. The Morgan fingerprint density at radius 3 is 1.86 bits per heavy atom. The zero-order valence-corrected chi connectivity index (χ0v) is 23.7. The van der Waals surface area contributed by atoms with Crippen molar-refractivity contribution < 1.29 is 35.1 Å². The van der Waals surface area contributed by atoms with E-state index in [0.717, 1.165) is 38.5 Å². The molecule has 0 bridgehead atoms. The molecule has 1 rings (SSSR count). The largest absolute Gasteiger partial charge is 0.394 e. The number of hydrogen-bond donors (Lipinski definition) is 6. The first-order valence-electron chi connectivity index (χ1n) is 15.0. The number of nitrogens with one attached hydrogen (secondary N) is 1. The number of hydrogen-bond acceptors (Lipinski definition) is 7. The van der Waals surface area contributed by atoms with Crippen LogP contribution in [0.15, 0.2) is 0 Å². The minimum atomic E-state index is -1.69. The van der Waals surface area contributed by atoms with Crippen LogP contribution in [0.2, 0.25) is 0 Å². The fourth-order valence-electron chi connectivity index (χ4n) is 5.60. The fraction of sp³-hybridized carbons (Fsp3) is 0.966. The molecule has 6 N–H and O–H groups in total. The molecule has 0 aromatic heterocycles. The van der Waals surface area contributed by atoms with Crippen LogP contribution in [0.25, 0.3) is 0 Å². The topological polar surface area (TPSA) is 139 Å². The Bertz CT molecular complexity index is 593. The van der Waals surface area contributed by atoms with Gasteiger partial charge in [0.15, 0.2) is 5.79 Å². The normalized spacial score (nSPS) is 26.5. The van der Waals surface area contributed by atoms with Gasteiger partial charge in [-0.2, -0.15) is 0 Å². The predicted molar refractivity (Wildman–Crippen MR) is 146 cm³/mol. The molecule has 0 saturated carbocycles. The number of aliphatic hydroxyl groups is 5. The zero-order valence-electron chi connectivity index (χ0n) is 23.7. The molecule has 1 saturated heterocycles. The van der Waals surface area contributed by atoms with E-state index < -0.39 is 48.8 Å². The molecule has 0 aliphatic carbocycles. The van der Waals surface area contributed by atoms with E-state index >= 15 is 0 Å². The summed E-state index contributed by atoms with van der Waals surface area (Å²) in [5.74, 6) is -1.91. The lowest BCUT2D eigenvalue weighted by Crippen LogP contribution is -2.65. The van der Waals surface area contributed by atoms with E-state index in [1.54, 1.807) is 0 Å². The van der Waals surface area contributed by atoms with Gasteiger partial charge in [0.05, 0.1) is 18.8 Å². The SMILES string of the molecule is CCCCCCCCCC(CCCCCCCC)C[C@]1(O)C[C@H](O)[C@@H](NC(C)=O)[C@H]([C@H](O)[C@H](O)CO)O1. The van der Waals surface area contributed by atoms with E-state index in [1.807, 2.05) is 0 Å². The van der Waals surface area contributed by atoms with Crippen molar-refractivity contribution in [1.29, 1.82) is 0 Å². The second-order valence-corrected chi connectivity index (χ2v) is 11.3. The van der Waals surface area contributed by atoms with Crippen molar-refractivity contribution >= 4 is 5.91 Å². The molecule has 1 unspecified atom stereocenters. The van der Waals surface area contributed by atoms with Crippen molar-refractivity contribution in [1.82, 2.24) is 5.32 Å². The van der Waals surface area contributed by atoms with Gasteiger partial charge in [0.25, 0.3) is 0 Å². The summed E-state index contributed by atoms with van der Waals surface area (Å²) in [4.78, 5) is 11.7. The van der Waals surface area contributed by atoms with Gasteiger partial charge >= 0.3 is 0 Å². The maximum atomic E-state index is 11.7. The highest BCUT2D eigenvalue weighted by Gasteiger charge is 2.50. The smallest absolute Gasteiger partial charge is 0.217 e. The van der Waals surface area contributed by atoms with Gasteiger partial charge in [-0.25, -0.2) is 0 Å². The number of carbonyl (C=O) groups is 1. The lowest BCUT2D eigenvalue weighted by molar-refractivity contribution is -0.307. The third kappa shape index (κ3) is 13.7. The van der Waals surface area contributed by atoms with Crippen LogP contribution in [-0.4, -0.2) is 74.3 Å². The van der Waals surface area contributed by atoms with Crippen LogP contribution in [0, 0.1) is 5.92 Å². The molecule has 220 valence electrons. The Morgan fingerprint density at radius 2 is 1.41 bits per heavy atom. The maximum absolute atomic E-state index is 11.7. The molecule has 1 fully saturated rings. The summed E-state index contributed by atoms with van der Waals surface area (Å²) in [6, 6.07) is -1.01. The van der Waals surface area contributed by atoms with Gasteiger partial charge in [0, 0.05) is 19.8 Å². The van der Waals surface area contributed by atoms with Crippen molar-refractivity contribution in [3.63, 3.8) is 0 Å². The Labute approximate surface area is 225 Å². The lowest BCUT2D eigenvalue weighted by atomic mass is 9.82. The molecular weight excluding hydrogens is 474 g/mol. The Morgan fingerprint density at radius 1 is 0.919 bits per heavy atom. The van der Waals surface area contributed by atoms with E-state index in [0.29, 0.717) is 6.42 Å². The molecule has 8 nitrogen and oxygen atoms in total. The van der Waals surface area contributed by atoms with Crippen LogP contribution in [0.4, 0.5) is 0 Å². The highest BCUT2D eigenvalue weighted by atomic mass is 16.6. The highest BCUT2D eigenvalue weighted by molar-refractivity contribution is 5.73. The average molecular weight is 532 g/mol. The van der Waals surface area contributed by atoms with Crippen LogP contribution >= 0.6 is 0 Å². The molecular formula is C29H57NO7. The first-order valence-corrected chi connectivity index (χ1v) is 15.0. The Kier molecular flexibility index (Phi) is 17.9. The predicted octanol–water partition coefficient (Wildman–Crippen LogP) is 3.94. The van der Waals surface area contributed by atoms with Gasteiger partial charge in [-0.15, -0.1) is 0 Å². The van der Waals surface area contributed by atoms with Crippen molar-refractivity contribution in [2.45, 2.75) is 166 Å². The highest BCUT2D eigenvalue weighted by Crippen LogP contribution is 2.37. The Hall–Kier alpha value is -0.770. The average Bonchev–Trinajstić information content (AvgIpc) is 2.85. The minimum absolute atomic E-state index is 0.0968. The first-order chi connectivity index (χ1) is 17.7. The number of carbonyl (C=O) groups excluding carboxylic acids is 1. The second-order valence-electron chi connectivity index (χ2n) is 11.3. The number of ether oxygens (including phenoxy) is 1. The number of unbranched alkanes of at least 4 members (excludes halogenated alkanes) is 11. The molecule has 1 aliphatic heterocycles. The standard InChI is InChI=1S/C29H57NO7/c1-4-6-8-10-12-14-16-18-23(17-15-13-11-9-7-5-2)19-29(36)20-24(33)26(30-22(3)32)28(37-29)27(35)25(34)21-31/h23-28,31,33-36H,4-21H2,1-3H3,(H,30,32)/t23?,24-,25+,26+,27+,28+,29+/m0/s1. The van der Waals surface area contributed by atoms with Gasteiger partial charge in [-0.05, 0) is 5.92 Å². The molecule has 0 radical (unpaired) electrons. The molecule has 8 heteroatoms. The van der Waals surface area contributed by atoms with Crippen LogP contribution in [0.5, 0.6) is 0 Å². The minimum Gasteiger partial charge on any atom is -0.394 e. The van der Waals surface area contributed by atoms with E-state index in [1.165, 1.54) is 64.7 Å². The summed E-state index contributed by atoms with van der Waals surface area (Å²) < 4.78 is 5.96. The quantitative estimate of drug-likeness (QED) is 0.123. The summed E-state index contributed by atoms with van der Waals surface area (Å²) in [5.41, 5.74) is 0. The van der Waals surface area contributed by atoms with E-state index in [2.05, 4.69) is 19.2 Å². The zero-order chi connectivity index (χ0) is 27.7. The van der Waals surface area contributed by atoms with Crippen molar-refractivity contribution in [2.24, 2.45) is 5.92 Å². The Balaban J connectivity index is 2.84. The summed E-state index contributed by atoms with van der Waals surface area (Å²) in [6.07, 6.45) is 12.3. The van der Waals surface area contributed by atoms with Crippen LogP contribution in [0.3, 0.4) is 0 Å². The van der Waals surface area contributed by atoms with Crippen LogP contribution < -0.4 is 5.32 Å².